The minimum Gasteiger partial charge on any atom is -0.456 e. The first-order valence-electron chi connectivity index (χ1n) is 4.88. The van der Waals surface area contributed by atoms with Gasteiger partial charge in [-0.2, -0.15) is 0 Å². The highest BCUT2D eigenvalue weighted by molar-refractivity contribution is 5.91. The molecular formula is C11H16O4. The second-order valence-corrected chi connectivity index (χ2v) is 4.21. The van der Waals surface area contributed by atoms with Crippen molar-refractivity contribution in [1.29, 1.82) is 0 Å². The van der Waals surface area contributed by atoms with Crippen molar-refractivity contribution in [2.24, 2.45) is 5.92 Å². The number of hydrogen-bond donors (Lipinski definition) is 0. The first-order valence-corrected chi connectivity index (χ1v) is 4.88. The fourth-order valence-corrected chi connectivity index (χ4v) is 1.36. The molecule has 0 aromatic rings. The predicted molar refractivity (Wildman–Crippen MR) is 53.8 cm³/mol. The highest BCUT2D eigenvalue weighted by Gasteiger charge is 2.36. The van der Waals surface area contributed by atoms with Crippen LogP contribution in [0.1, 0.15) is 34.6 Å². The average Bonchev–Trinajstić information content (AvgIpc) is 2.09. The third-order valence-electron chi connectivity index (χ3n) is 2.37. The Labute approximate surface area is 89.2 Å². The van der Waals surface area contributed by atoms with Crippen molar-refractivity contribution in [2.45, 2.75) is 40.4 Å². The lowest BCUT2D eigenvalue weighted by atomic mass is 10.0. The fraction of sp³-hybridized carbons (Fsp3) is 0.636. The second-order valence-electron chi connectivity index (χ2n) is 4.21. The summed E-state index contributed by atoms with van der Waals surface area (Å²) in [5, 5.41) is 0. The first-order chi connectivity index (χ1) is 6.74. The van der Waals surface area contributed by atoms with E-state index in [1.165, 1.54) is 6.92 Å². The molecular weight excluding hydrogens is 196 g/mol. The van der Waals surface area contributed by atoms with Crippen molar-refractivity contribution in [3.8, 4) is 0 Å². The molecule has 15 heavy (non-hydrogen) atoms. The van der Waals surface area contributed by atoms with E-state index in [-0.39, 0.29) is 5.78 Å². The largest absolute Gasteiger partial charge is 0.456 e. The predicted octanol–water partition coefficient (Wildman–Crippen LogP) is 1.79. The topological polar surface area (TPSA) is 52.6 Å². The van der Waals surface area contributed by atoms with Crippen molar-refractivity contribution >= 4 is 11.8 Å². The Morgan fingerprint density at radius 2 is 1.87 bits per heavy atom. The van der Waals surface area contributed by atoms with Crippen LogP contribution in [0.5, 0.6) is 0 Å². The van der Waals surface area contributed by atoms with Crippen LogP contribution in [0, 0.1) is 5.92 Å². The summed E-state index contributed by atoms with van der Waals surface area (Å²) in [6, 6.07) is 0. The summed E-state index contributed by atoms with van der Waals surface area (Å²) in [4.78, 5) is 22.7. The van der Waals surface area contributed by atoms with Crippen LogP contribution in [0.4, 0.5) is 0 Å². The smallest absolute Gasteiger partial charge is 0.340 e. The quantitative estimate of drug-likeness (QED) is 0.655. The van der Waals surface area contributed by atoms with Crippen molar-refractivity contribution in [3.05, 3.63) is 11.3 Å². The van der Waals surface area contributed by atoms with E-state index in [9.17, 15) is 9.59 Å². The molecule has 0 aliphatic carbocycles. The standard InChI is InChI=1S/C11H16O4/c1-6(8(3)12)9-7(2)10(13)15-11(4,5)14-9/h6H,1-5H3. The van der Waals surface area contributed by atoms with E-state index in [4.69, 9.17) is 9.47 Å². The maximum Gasteiger partial charge on any atom is 0.340 e. The Kier molecular flexibility index (Phi) is 2.88. The van der Waals surface area contributed by atoms with Crippen molar-refractivity contribution < 1.29 is 19.1 Å². The third-order valence-corrected chi connectivity index (χ3v) is 2.37. The molecule has 0 radical (unpaired) electrons. The summed E-state index contributed by atoms with van der Waals surface area (Å²) >= 11 is 0. The van der Waals surface area contributed by atoms with Gasteiger partial charge in [-0.1, -0.05) is 0 Å². The van der Waals surface area contributed by atoms with Gasteiger partial charge in [-0.25, -0.2) is 4.79 Å². The Balaban J connectivity index is 3.09. The van der Waals surface area contributed by atoms with Crippen molar-refractivity contribution in [1.82, 2.24) is 0 Å². The summed E-state index contributed by atoms with van der Waals surface area (Å²) in [6.45, 7) is 8.08. The normalized spacial score (nSPS) is 21.8. The molecule has 0 aromatic carbocycles. The third kappa shape index (κ3) is 2.37. The number of rotatable bonds is 2. The lowest BCUT2D eigenvalue weighted by Crippen LogP contribution is -2.38. The van der Waals surface area contributed by atoms with E-state index >= 15 is 0 Å². The molecule has 1 aliphatic heterocycles. The van der Waals surface area contributed by atoms with Gasteiger partial charge >= 0.3 is 5.97 Å². The fourth-order valence-electron chi connectivity index (χ4n) is 1.36. The molecule has 4 nitrogen and oxygen atoms in total. The van der Waals surface area contributed by atoms with Crippen LogP contribution in [-0.2, 0) is 19.1 Å². The monoisotopic (exact) mass is 212 g/mol. The lowest BCUT2D eigenvalue weighted by molar-refractivity contribution is -0.210. The van der Waals surface area contributed by atoms with E-state index in [1.807, 2.05) is 0 Å². The highest BCUT2D eigenvalue weighted by atomic mass is 16.7. The number of ketones is 1. The number of hydrogen-bond acceptors (Lipinski definition) is 4. The molecule has 0 fully saturated rings. The van der Waals surface area contributed by atoms with E-state index in [0.717, 1.165) is 0 Å². The summed E-state index contributed by atoms with van der Waals surface area (Å²) < 4.78 is 10.5. The van der Waals surface area contributed by atoms with Gasteiger partial charge in [0, 0.05) is 13.8 Å². The zero-order valence-corrected chi connectivity index (χ0v) is 9.71. The number of allylic oxidation sites excluding steroid dienone is 1. The van der Waals surface area contributed by atoms with Gasteiger partial charge in [0.1, 0.15) is 11.5 Å². The van der Waals surface area contributed by atoms with Crippen molar-refractivity contribution in [3.63, 3.8) is 0 Å². The Bertz CT molecular complexity index is 338. The molecule has 1 unspecified atom stereocenters. The summed E-state index contributed by atoms with van der Waals surface area (Å²) in [5.41, 5.74) is 0.372. The van der Waals surface area contributed by atoms with Gasteiger partial charge in [0.25, 0.3) is 0 Å². The molecule has 0 aromatic heterocycles. The molecule has 84 valence electrons. The number of carbonyl (C=O) groups is 2. The number of carbonyl (C=O) groups excluding carboxylic acids is 2. The minimum atomic E-state index is -0.990. The van der Waals surface area contributed by atoms with Gasteiger partial charge in [-0.3, -0.25) is 4.79 Å². The molecule has 0 saturated carbocycles. The number of esters is 1. The number of Topliss-reactive ketones (excluding diaryl/α,β-unsaturated/α-hetero) is 1. The van der Waals surface area contributed by atoms with Crippen LogP contribution < -0.4 is 0 Å². The zero-order valence-electron chi connectivity index (χ0n) is 9.71. The number of cyclic esters (lactones) is 1. The molecule has 0 amide bonds. The van der Waals surface area contributed by atoms with Gasteiger partial charge < -0.3 is 9.47 Å². The summed E-state index contributed by atoms with van der Waals surface area (Å²) in [5.74, 6) is -1.43. The molecule has 1 heterocycles. The van der Waals surface area contributed by atoms with E-state index in [1.54, 1.807) is 27.7 Å². The lowest BCUT2D eigenvalue weighted by Gasteiger charge is -2.34. The first kappa shape index (κ1) is 11.8. The van der Waals surface area contributed by atoms with E-state index in [0.29, 0.717) is 11.3 Å². The van der Waals surface area contributed by atoms with Gasteiger partial charge in [0.2, 0.25) is 5.79 Å². The van der Waals surface area contributed by atoms with E-state index < -0.39 is 17.7 Å². The maximum absolute atomic E-state index is 11.5. The van der Waals surface area contributed by atoms with Crippen LogP contribution >= 0.6 is 0 Å². The molecule has 0 saturated heterocycles. The average molecular weight is 212 g/mol. The molecule has 0 N–H and O–H groups in total. The van der Waals surface area contributed by atoms with Crippen LogP contribution in [0.15, 0.2) is 11.3 Å². The molecule has 0 spiro atoms. The Morgan fingerprint density at radius 1 is 1.33 bits per heavy atom. The molecule has 1 atom stereocenters. The molecule has 1 aliphatic rings. The Morgan fingerprint density at radius 3 is 2.33 bits per heavy atom. The Hall–Kier alpha value is -1.32. The van der Waals surface area contributed by atoms with Gasteiger partial charge in [0.15, 0.2) is 0 Å². The van der Waals surface area contributed by atoms with Crippen LogP contribution in [0.3, 0.4) is 0 Å². The van der Waals surface area contributed by atoms with Crippen LogP contribution in [0.2, 0.25) is 0 Å². The highest BCUT2D eigenvalue weighted by Crippen LogP contribution is 2.30. The van der Waals surface area contributed by atoms with E-state index in [2.05, 4.69) is 0 Å². The minimum absolute atomic E-state index is 0.0325. The van der Waals surface area contributed by atoms with Crippen molar-refractivity contribution in [2.75, 3.05) is 0 Å². The van der Waals surface area contributed by atoms with Gasteiger partial charge in [-0.15, -0.1) is 0 Å². The summed E-state index contributed by atoms with van der Waals surface area (Å²) in [6.07, 6.45) is 0. The molecule has 1 rings (SSSR count). The molecule has 0 bridgehead atoms. The van der Waals surface area contributed by atoms with Gasteiger partial charge in [0.05, 0.1) is 11.5 Å². The van der Waals surface area contributed by atoms with Crippen LogP contribution in [-0.4, -0.2) is 17.5 Å². The second kappa shape index (κ2) is 3.68. The molecule has 4 heteroatoms. The summed E-state index contributed by atoms with van der Waals surface area (Å²) in [7, 11) is 0. The van der Waals surface area contributed by atoms with Crippen LogP contribution in [0.25, 0.3) is 0 Å². The maximum atomic E-state index is 11.5. The van der Waals surface area contributed by atoms with Gasteiger partial charge in [-0.05, 0) is 20.8 Å². The SMILES string of the molecule is CC(=O)C(C)C1=C(C)C(=O)OC(C)(C)O1. The number of ether oxygens (including phenoxy) is 2. The zero-order chi connectivity index (χ0) is 11.8.